The van der Waals surface area contributed by atoms with Gasteiger partial charge in [-0.15, -0.1) is 0 Å². The molecule has 0 bridgehead atoms. The molecule has 1 amide bonds. The molecule has 2 aromatic carbocycles. The number of hydrogen-bond acceptors (Lipinski definition) is 6. The summed E-state index contributed by atoms with van der Waals surface area (Å²) >= 11 is 0. The number of hydrogen-bond donors (Lipinski definition) is 3. The summed E-state index contributed by atoms with van der Waals surface area (Å²) in [6.07, 6.45) is 4.89. The highest BCUT2D eigenvalue weighted by molar-refractivity contribution is 7.92. The second-order valence-electron chi connectivity index (χ2n) is 8.37. The first-order valence-corrected chi connectivity index (χ1v) is 12.3. The maximum Gasteiger partial charge on any atom is 0.263 e. The fourth-order valence-corrected chi connectivity index (χ4v) is 5.05. The van der Waals surface area contributed by atoms with Gasteiger partial charge in [-0.05, 0) is 59.7 Å². The van der Waals surface area contributed by atoms with Crippen LogP contribution in [0.2, 0.25) is 0 Å². The summed E-state index contributed by atoms with van der Waals surface area (Å²) in [6, 6.07) is 14.2. The Labute approximate surface area is 200 Å². The van der Waals surface area contributed by atoms with Crippen molar-refractivity contribution in [1.29, 1.82) is 0 Å². The number of pyridine rings is 2. The molecule has 35 heavy (non-hydrogen) atoms. The molecule has 0 unspecified atom stereocenters. The zero-order valence-electron chi connectivity index (χ0n) is 18.3. The van der Waals surface area contributed by atoms with Crippen molar-refractivity contribution in [3.63, 3.8) is 0 Å². The van der Waals surface area contributed by atoms with Crippen molar-refractivity contribution in [2.75, 3.05) is 10.0 Å². The second-order valence-corrected chi connectivity index (χ2v) is 10.0. The van der Waals surface area contributed by atoms with E-state index in [0.29, 0.717) is 17.7 Å². The fraction of sp³-hybridized carbons (Fsp3) is 0.160. The summed E-state index contributed by atoms with van der Waals surface area (Å²) in [6.45, 7) is -0.145. The molecule has 4 aromatic rings. The molecule has 1 aliphatic carbocycles. The first kappa shape index (κ1) is 22.9. The lowest BCUT2D eigenvalue weighted by Crippen LogP contribution is -2.15. The van der Waals surface area contributed by atoms with Gasteiger partial charge >= 0.3 is 0 Å². The van der Waals surface area contributed by atoms with Crippen molar-refractivity contribution >= 4 is 38.2 Å². The molecule has 2 aromatic heterocycles. The lowest BCUT2D eigenvalue weighted by Gasteiger charge is -2.09. The molecule has 5 rings (SSSR count). The number of amides is 1. The van der Waals surface area contributed by atoms with Crippen LogP contribution in [0.3, 0.4) is 0 Å². The first-order valence-electron chi connectivity index (χ1n) is 10.9. The van der Waals surface area contributed by atoms with E-state index >= 15 is 0 Å². The van der Waals surface area contributed by atoms with Crippen molar-refractivity contribution in [3.8, 4) is 0 Å². The normalized spacial score (nSPS) is 17.2. The molecule has 178 valence electrons. The Bertz CT molecular complexity index is 1510. The minimum absolute atomic E-state index is 0.00358. The number of rotatable bonds is 7. The van der Waals surface area contributed by atoms with E-state index in [0.717, 1.165) is 28.6 Å². The van der Waals surface area contributed by atoms with Gasteiger partial charge in [0, 0.05) is 34.9 Å². The van der Waals surface area contributed by atoms with E-state index in [1.54, 1.807) is 30.6 Å². The molecule has 0 spiro atoms. The van der Waals surface area contributed by atoms with E-state index in [-0.39, 0.29) is 35.1 Å². The minimum Gasteiger partial charge on any atom is -0.392 e. The predicted octanol–water partition coefficient (Wildman–Crippen LogP) is 3.80. The monoisotopic (exact) mass is 492 g/mol. The summed E-state index contributed by atoms with van der Waals surface area (Å²) in [5.74, 6) is -0.881. The quantitative estimate of drug-likeness (QED) is 0.361. The molecule has 3 N–H and O–H groups in total. The highest BCUT2D eigenvalue weighted by atomic mass is 32.2. The summed E-state index contributed by atoms with van der Waals surface area (Å²) in [5, 5.41) is 14.2. The van der Waals surface area contributed by atoms with E-state index in [9.17, 15) is 22.7 Å². The number of benzene rings is 2. The number of carbonyl (C=O) groups is 1. The molecule has 2 atom stereocenters. The summed E-state index contributed by atoms with van der Waals surface area (Å²) in [4.78, 5) is 20.6. The Kier molecular flexibility index (Phi) is 5.91. The highest BCUT2D eigenvalue weighted by Crippen LogP contribution is 2.48. The van der Waals surface area contributed by atoms with Crippen LogP contribution in [0.4, 0.5) is 15.9 Å². The molecular formula is C25H21FN4O4S. The first-order chi connectivity index (χ1) is 16.8. The molecule has 0 saturated heterocycles. The number of aliphatic hydroxyl groups excluding tert-OH is 1. The maximum atomic E-state index is 13.0. The average Bonchev–Trinajstić information content (AvgIpc) is 3.66. The number of nitrogens with one attached hydrogen (secondary N) is 2. The van der Waals surface area contributed by atoms with Gasteiger partial charge in [0.1, 0.15) is 11.6 Å². The number of aliphatic hydroxyl groups is 1. The molecule has 0 radical (unpaired) electrons. The maximum absolute atomic E-state index is 13.0. The smallest absolute Gasteiger partial charge is 0.263 e. The van der Waals surface area contributed by atoms with Gasteiger partial charge in [-0.2, -0.15) is 0 Å². The van der Waals surface area contributed by atoms with Gasteiger partial charge < -0.3 is 10.4 Å². The number of nitrogens with zero attached hydrogens (tertiary/aromatic N) is 2. The van der Waals surface area contributed by atoms with E-state index in [1.165, 1.54) is 18.2 Å². The van der Waals surface area contributed by atoms with Crippen LogP contribution in [0.1, 0.15) is 23.5 Å². The summed E-state index contributed by atoms with van der Waals surface area (Å²) < 4.78 is 40.4. The van der Waals surface area contributed by atoms with Crippen LogP contribution < -0.4 is 10.0 Å². The zero-order chi connectivity index (χ0) is 24.6. The summed E-state index contributed by atoms with van der Waals surface area (Å²) in [7, 11) is -3.88. The van der Waals surface area contributed by atoms with Crippen molar-refractivity contribution < 1.29 is 22.7 Å². The molecule has 1 saturated carbocycles. The predicted molar refractivity (Wildman–Crippen MR) is 129 cm³/mol. The van der Waals surface area contributed by atoms with Gasteiger partial charge in [0.2, 0.25) is 5.91 Å². The Balaban J connectivity index is 1.24. The topological polar surface area (TPSA) is 121 Å². The van der Waals surface area contributed by atoms with Gasteiger partial charge in [0.05, 0.1) is 17.7 Å². The number of carbonyl (C=O) groups excluding carboxylic acids is 1. The third-order valence-corrected chi connectivity index (χ3v) is 7.36. The number of sulfonamides is 1. The van der Waals surface area contributed by atoms with Crippen LogP contribution in [0, 0.1) is 11.7 Å². The second kappa shape index (κ2) is 9.05. The Morgan fingerprint density at radius 3 is 2.57 bits per heavy atom. The van der Waals surface area contributed by atoms with Crippen LogP contribution in [0.15, 0.2) is 78.1 Å². The standard InChI is InChI=1S/C25H21FN4O4S/c26-18-4-8-24(28-13-18)30-35(33,34)20-6-2-15(3-7-20)22-10-23(22)25(32)29-19-5-1-16-11-27-12-17(14-31)21(16)9-19/h1-9,11-13,22-23,31H,10,14H2,(H,28,30)(H,29,32)/t22-,23+/m0/s1. The molecule has 0 aliphatic heterocycles. The Morgan fingerprint density at radius 1 is 1.06 bits per heavy atom. The van der Waals surface area contributed by atoms with Crippen LogP contribution in [0.25, 0.3) is 10.8 Å². The number of halogens is 1. The minimum atomic E-state index is -3.88. The van der Waals surface area contributed by atoms with Gasteiger partial charge in [-0.1, -0.05) is 18.2 Å². The van der Waals surface area contributed by atoms with E-state index in [4.69, 9.17) is 0 Å². The van der Waals surface area contributed by atoms with Crippen molar-refractivity contribution in [3.05, 3.63) is 90.1 Å². The van der Waals surface area contributed by atoms with Gasteiger partial charge in [0.25, 0.3) is 10.0 Å². The average molecular weight is 493 g/mol. The van der Waals surface area contributed by atoms with Crippen molar-refractivity contribution in [2.24, 2.45) is 5.92 Å². The van der Waals surface area contributed by atoms with Crippen LogP contribution in [-0.2, 0) is 21.4 Å². The number of aromatic nitrogens is 2. The Morgan fingerprint density at radius 2 is 1.86 bits per heavy atom. The van der Waals surface area contributed by atoms with Crippen LogP contribution in [-0.4, -0.2) is 29.4 Å². The van der Waals surface area contributed by atoms with Crippen molar-refractivity contribution in [1.82, 2.24) is 9.97 Å². The zero-order valence-corrected chi connectivity index (χ0v) is 19.2. The fourth-order valence-electron chi connectivity index (χ4n) is 4.04. The van der Waals surface area contributed by atoms with E-state index in [2.05, 4.69) is 20.0 Å². The SMILES string of the molecule is O=C(Nc1ccc2cncc(CO)c2c1)[C@@H]1C[C@H]1c1ccc(S(=O)(=O)Nc2ccc(F)cn2)cc1. The number of fused-ring (bicyclic) bond motifs is 1. The highest BCUT2D eigenvalue weighted by Gasteiger charge is 2.44. The van der Waals surface area contributed by atoms with Crippen LogP contribution >= 0.6 is 0 Å². The molecule has 10 heteroatoms. The van der Waals surface area contributed by atoms with Gasteiger partial charge in [-0.3, -0.25) is 14.5 Å². The third kappa shape index (κ3) is 4.84. The van der Waals surface area contributed by atoms with E-state index in [1.807, 2.05) is 12.1 Å². The number of anilines is 2. The van der Waals surface area contributed by atoms with Crippen LogP contribution in [0.5, 0.6) is 0 Å². The molecule has 1 aliphatic rings. The van der Waals surface area contributed by atoms with Gasteiger partial charge in [0.15, 0.2) is 0 Å². The van der Waals surface area contributed by atoms with Crippen molar-refractivity contribution in [2.45, 2.75) is 23.8 Å². The largest absolute Gasteiger partial charge is 0.392 e. The van der Waals surface area contributed by atoms with E-state index < -0.39 is 15.8 Å². The molecule has 2 heterocycles. The molecule has 8 nitrogen and oxygen atoms in total. The summed E-state index contributed by atoms with van der Waals surface area (Å²) in [5.41, 5.74) is 2.19. The van der Waals surface area contributed by atoms with Gasteiger partial charge in [-0.25, -0.2) is 17.8 Å². The lowest BCUT2D eigenvalue weighted by atomic mass is 10.1. The third-order valence-electron chi connectivity index (χ3n) is 5.99. The molecular weight excluding hydrogens is 471 g/mol. The Hall–Kier alpha value is -3.89. The lowest BCUT2D eigenvalue weighted by molar-refractivity contribution is -0.117. The molecule has 1 fully saturated rings.